The molecule has 170 valence electrons. The SMILES string of the molecule is CSNC(=O)c1cc(C2CC2)c(OCC2CCN(C(=O)c3cccc(Cl)c3)CC2)cc1F. The van der Waals surface area contributed by atoms with Gasteiger partial charge in [0.15, 0.2) is 0 Å². The van der Waals surface area contributed by atoms with Crippen molar-refractivity contribution in [3.63, 3.8) is 0 Å². The maximum Gasteiger partial charge on any atom is 0.264 e. The summed E-state index contributed by atoms with van der Waals surface area (Å²) in [6, 6.07) is 9.99. The van der Waals surface area contributed by atoms with E-state index in [1.807, 2.05) is 4.90 Å². The quantitative estimate of drug-likeness (QED) is 0.551. The van der Waals surface area contributed by atoms with Gasteiger partial charge < -0.3 is 9.64 Å². The Hall–Kier alpha value is -2.25. The summed E-state index contributed by atoms with van der Waals surface area (Å²) >= 11 is 7.15. The number of amides is 2. The van der Waals surface area contributed by atoms with E-state index in [1.54, 1.807) is 36.6 Å². The molecule has 1 saturated heterocycles. The molecule has 0 spiro atoms. The fourth-order valence-corrected chi connectivity index (χ4v) is 4.53. The molecule has 4 rings (SSSR count). The summed E-state index contributed by atoms with van der Waals surface area (Å²) < 4.78 is 23.2. The van der Waals surface area contributed by atoms with Crippen molar-refractivity contribution in [3.05, 3.63) is 63.9 Å². The molecule has 0 bridgehead atoms. The minimum atomic E-state index is -0.571. The van der Waals surface area contributed by atoms with Crippen LogP contribution in [0.5, 0.6) is 5.75 Å². The molecule has 0 radical (unpaired) electrons. The number of carbonyl (C=O) groups is 2. The van der Waals surface area contributed by atoms with Gasteiger partial charge in [-0.25, -0.2) is 4.39 Å². The lowest BCUT2D eigenvalue weighted by molar-refractivity contribution is 0.0660. The minimum Gasteiger partial charge on any atom is -0.493 e. The summed E-state index contributed by atoms with van der Waals surface area (Å²) in [4.78, 5) is 26.7. The van der Waals surface area contributed by atoms with Crippen LogP contribution in [0, 0.1) is 11.7 Å². The number of hydrogen-bond acceptors (Lipinski definition) is 4. The molecule has 1 heterocycles. The van der Waals surface area contributed by atoms with E-state index in [0.717, 1.165) is 43.2 Å². The second kappa shape index (κ2) is 10.1. The minimum absolute atomic E-state index is 0.0101. The summed E-state index contributed by atoms with van der Waals surface area (Å²) in [5.41, 5.74) is 1.56. The number of carbonyl (C=O) groups excluding carboxylic acids is 2. The topological polar surface area (TPSA) is 58.6 Å². The largest absolute Gasteiger partial charge is 0.493 e. The van der Waals surface area contributed by atoms with E-state index in [0.29, 0.717) is 41.9 Å². The van der Waals surface area contributed by atoms with Crippen LogP contribution in [-0.2, 0) is 0 Å². The molecule has 2 fully saturated rings. The fourth-order valence-electron chi connectivity index (χ4n) is 4.05. The summed E-state index contributed by atoms with van der Waals surface area (Å²) in [5.74, 6) is 0.127. The number of hydrogen-bond donors (Lipinski definition) is 1. The average molecular weight is 477 g/mol. The van der Waals surface area contributed by atoms with Crippen LogP contribution in [0.15, 0.2) is 36.4 Å². The van der Waals surface area contributed by atoms with Gasteiger partial charge in [-0.1, -0.05) is 29.6 Å². The number of halogens is 2. The van der Waals surface area contributed by atoms with E-state index < -0.39 is 11.7 Å². The first-order valence-electron chi connectivity index (χ1n) is 10.8. The maximum atomic E-state index is 14.6. The van der Waals surface area contributed by atoms with Crippen molar-refractivity contribution in [2.75, 3.05) is 26.0 Å². The van der Waals surface area contributed by atoms with Gasteiger partial charge in [0.2, 0.25) is 0 Å². The summed E-state index contributed by atoms with van der Waals surface area (Å²) in [6.07, 6.45) is 5.41. The van der Waals surface area contributed by atoms with Gasteiger partial charge >= 0.3 is 0 Å². The Balaban J connectivity index is 1.36. The van der Waals surface area contributed by atoms with Crippen LogP contribution >= 0.6 is 23.5 Å². The molecule has 1 N–H and O–H groups in total. The molecule has 2 aliphatic rings. The predicted molar refractivity (Wildman–Crippen MR) is 125 cm³/mol. The highest BCUT2D eigenvalue weighted by molar-refractivity contribution is 7.97. The zero-order valence-electron chi connectivity index (χ0n) is 17.9. The van der Waals surface area contributed by atoms with Gasteiger partial charge in [-0.3, -0.25) is 14.3 Å². The molecular weight excluding hydrogens is 451 g/mol. The van der Waals surface area contributed by atoms with Crippen LogP contribution in [0.3, 0.4) is 0 Å². The Kier molecular flexibility index (Phi) is 7.26. The first kappa shape index (κ1) is 22.9. The van der Waals surface area contributed by atoms with Gasteiger partial charge in [-0.2, -0.15) is 0 Å². The third kappa shape index (κ3) is 5.38. The van der Waals surface area contributed by atoms with Crippen molar-refractivity contribution in [1.82, 2.24) is 9.62 Å². The van der Waals surface area contributed by atoms with Crippen LogP contribution in [0.2, 0.25) is 5.02 Å². The molecule has 32 heavy (non-hydrogen) atoms. The van der Waals surface area contributed by atoms with Gasteiger partial charge in [-0.15, -0.1) is 0 Å². The Morgan fingerprint density at radius 1 is 1.19 bits per heavy atom. The Labute approximate surface area is 196 Å². The van der Waals surface area contributed by atoms with E-state index in [2.05, 4.69) is 4.72 Å². The van der Waals surface area contributed by atoms with Gasteiger partial charge in [0, 0.05) is 36.0 Å². The highest BCUT2D eigenvalue weighted by atomic mass is 35.5. The summed E-state index contributed by atoms with van der Waals surface area (Å²) in [5, 5.41) is 0.551. The molecule has 5 nitrogen and oxygen atoms in total. The average Bonchev–Trinajstić information content (AvgIpc) is 3.63. The smallest absolute Gasteiger partial charge is 0.264 e. The van der Waals surface area contributed by atoms with E-state index in [1.165, 1.54) is 6.07 Å². The van der Waals surface area contributed by atoms with Crippen LogP contribution in [0.4, 0.5) is 4.39 Å². The van der Waals surface area contributed by atoms with Crippen molar-refractivity contribution < 1.29 is 18.7 Å². The van der Waals surface area contributed by atoms with Crippen molar-refractivity contribution in [2.24, 2.45) is 5.92 Å². The molecule has 2 aromatic rings. The number of piperidine rings is 1. The molecule has 0 atom stereocenters. The third-order valence-corrected chi connectivity index (χ3v) is 6.63. The highest BCUT2D eigenvalue weighted by Gasteiger charge is 2.30. The molecular formula is C24H26ClFN2O3S. The molecule has 8 heteroatoms. The predicted octanol–water partition coefficient (Wildman–Crippen LogP) is 5.30. The van der Waals surface area contributed by atoms with Gasteiger partial charge in [0.1, 0.15) is 11.6 Å². The maximum absolute atomic E-state index is 14.6. The number of ether oxygens (including phenoxy) is 1. The first-order chi connectivity index (χ1) is 15.5. The van der Waals surface area contributed by atoms with Crippen molar-refractivity contribution in [3.8, 4) is 5.75 Å². The van der Waals surface area contributed by atoms with Crippen molar-refractivity contribution >= 4 is 35.4 Å². The molecule has 0 aromatic heterocycles. The molecule has 2 amide bonds. The van der Waals surface area contributed by atoms with Gasteiger partial charge in [0.05, 0.1) is 12.2 Å². The lowest BCUT2D eigenvalue weighted by atomic mass is 9.97. The second-order valence-electron chi connectivity index (χ2n) is 8.34. The number of benzene rings is 2. The number of nitrogens with one attached hydrogen (secondary N) is 1. The van der Waals surface area contributed by atoms with Gasteiger partial charge in [0.25, 0.3) is 11.8 Å². The van der Waals surface area contributed by atoms with Crippen LogP contribution in [0.25, 0.3) is 0 Å². The second-order valence-corrected chi connectivity index (χ2v) is 9.39. The molecule has 0 unspecified atom stereocenters. The van der Waals surface area contributed by atoms with Crippen molar-refractivity contribution in [2.45, 2.75) is 31.6 Å². The van der Waals surface area contributed by atoms with Crippen LogP contribution in [0.1, 0.15) is 57.9 Å². The first-order valence-corrected chi connectivity index (χ1v) is 12.4. The Bertz CT molecular complexity index is 1010. The third-order valence-electron chi connectivity index (χ3n) is 6.00. The van der Waals surface area contributed by atoms with E-state index in [9.17, 15) is 14.0 Å². The zero-order chi connectivity index (χ0) is 22.7. The zero-order valence-corrected chi connectivity index (χ0v) is 19.5. The lowest BCUT2D eigenvalue weighted by Gasteiger charge is -2.32. The van der Waals surface area contributed by atoms with Gasteiger partial charge in [-0.05, 0) is 67.3 Å². The molecule has 1 saturated carbocycles. The van der Waals surface area contributed by atoms with Crippen molar-refractivity contribution in [1.29, 1.82) is 0 Å². The summed E-state index contributed by atoms with van der Waals surface area (Å²) in [6.45, 7) is 1.77. The van der Waals surface area contributed by atoms with E-state index in [-0.39, 0.29) is 17.4 Å². The normalized spacial score (nSPS) is 16.7. The van der Waals surface area contributed by atoms with Crippen LogP contribution in [-0.4, -0.2) is 42.7 Å². The van der Waals surface area contributed by atoms with E-state index >= 15 is 0 Å². The highest BCUT2D eigenvalue weighted by Crippen LogP contribution is 2.45. The number of nitrogens with zero attached hydrogens (tertiary/aromatic N) is 1. The molecule has 1 aliphatic carbocycles. The lowest BCUT2D eigenvalue weighted by Crippen LogP contribution is -2.39. The monoisotopic (exact) mass is 476 g/mol. The summed E-state index contributed by atoms with van der Waals surface area (Å²) in [7, 11) is 0. The van der Waals surface area contributed by atoms with Crippen LogP contribution < -0.4 is 9.46 Å². The Morgan fingerprint density at radius 3 is 2.59 bits per heavy atom. The fraction of sp³-hybridized carbons (Fsp3) is 0.417. The number of rotatable bonds is 7. The Morgan fingerprint density at radius 2 is 1.94 bits per heavy atom. The number of likely N-dealkylation sites (tertiary alicyclic amines) is 1. The molecule has 2 aromatic carbocycles. The standard InChI is InChI=1S/C24H26ClFN2O3S/c1-32-27-23(29)20-12-19(16-5-6-16)22(13-21(20)26)31-14-15-7-9-28(10-8-15)24(30)17-3-2-4-18(25)11-17/h2-4,11-13,15-16H,5-10,14H2,1H3,(H,27,29). The van der Waals surface area contributed by atoms with E-state index in [4.69, 9.17) is 16.3 Å². The molecule has 1 aliphatic heterocycles.